The minimum absolute atomic E-state index is 0.0215. The van der Waals surface area contributed by atoms with E-state index in [9.17, 15) is 18.0 Å². The molecule has 2 aromatic rings. The van der Waals surface area contributed by atoms with Gasteiger partial charge in [0.05, 0.1) is 16.3 Å². The molecule has 0 spiro atoms. The molecule has 1 atom stereocenters. The van der Waals surface area contributed by atoms with Gasteiger partial charge in [-0.25, -0.2) is 8.42 Å². The third-order valence-electron chi connectivity index (χ3n) is 3.71. The molecule has 7 nitrogen and oxygen atoms in total. The minimum Gasteiger partial charge on any atom is -0.479 e. The fraction of sp³-hybridized carbons (Fsp3) is 0.176. The highest BCUT2D eigenvalue weighted by Crippen LogP contribution is 2.32. The number of sulfonamides is 1. The van der Waals surface area contributed by atoms with Gasteiger partial charge in [-0.1, -0.05) is 12.1 Å². The predicted molar refractivity (Wildman–Crippen MR) is 92.4 cm³/mol. The Morgan fingerprint density at radius 1 is 1.20 bits per heavy atom. The molecule has 1 heterocycles. The van der Waals surface area contributed by atoms with Crippen LogP contribution in [-0.4, -0.2) is 26.2 Å². The summed E-state index contributed by atoms with van der Waals surface area (Å²) in [5.74, 6) is -0.0601. The standard InChI is InChI=1S/C17H16N2O5S/c1-10(20)12-4-3-5-14(8-12)25(22,23)19-13-6-7-16-15(9-13)18-17(21)11(2)24-16/h3-9,11,19H,1-2H3,(H,18,21)/t11-/m0/s1. The lowest BCUT2D eigenvalue weighted by molar-refractivity contribution is -0.122. The largest absolute Gasteiger partial charge is 0.479 e. The van der Waals surface area contributed by atoms with Gasteiger partial charge in [0, 0.05) is 5.56 Å². The summed E-state index contributed by atoms with van der Waals surface area (Å²) in [7, 11) is -3.88. The summed E-state index contributed by atoms with van der Waals surface area (Å²) in [6, 6.07) is 10.4. The van der Waals surface area contributed by atoms with Crippen LogP contribution in [0.2, 0.25) is 0 Å². The van der Waals surface area contributed by atoms with Gasteiger partial charge < -0.3 is 10.1 Å². The van der Waals surface area contributed by atoms with Crippen molar-refractivity contribution in [3.63, 3.8) is 0 Å². The van der Waals surface area contributed by atoms with Gasteiger partial charge in [0.1, 0.15) is 5.75 Å². The van der Waals surface area contributed by atoms with Crippen molar-refractivity contribution in [3.8, 4) is 5.75 Å². The molecule has 0 radical (unpaired) electrons. The SMILES string of the molecule is CC(=O)c1cccc(S(=O)(=O)Nc2ccc3c(c2)NC(=O)[C@H](C)O3)c1. The van der Waals surface area contributed by atoms with Crippen molar-refractivity contribution in [2.45, 2.75) is 24.8 Å². The van der Waals surface area contributed by atoms with Crippen LogP contribution in [0.3, 0.4) is 0 Å². The first-order valence-electron chi connectivity index (χ1n) is 7.52. The minimum atomic E-state index is -3.88. The molecule has 0 saturated heterocycles. The molecule has 0 bridgehead atoms. The summed E-state index contributed by atoms with van der Waals surface area (Å²) in [4.78, 5) is 23.1. The van der Waals surface area contributed by atoms with Gasteiger partial charge in [-0.05, 0) is 44.2 Å². The van der Waals surface area contributed by atoms with Crippen LogP contribution in [0.4, 0.5) is 11.4 Å². The molecule has 130 valence electrons. The lowest BCUT2D eigenvalue weighted by Gasteiger charge is -2.23. The molecule has 0 saturated carbocycles. The van der Waals surface area contributed by atoms with Gasteiger partial charge in [0.25, 0.3) is 15.9 Å². The van der Waals surface area contributed by atoms with Gasteiger partial charge in [-0.2, -0.15) is 0 Å². The maximum Gasteiger partial charge on any atom is 0.265 e. The molecule has 0 unspecified atom stereocenters. The average molecular weight is 360 g/mol. The molecule has 2 N–H and O–H groups in total. The van der Waals surface area contributed by atoms with E-state index in [1.54, 1.807) is 19.1 Å². The number of fused-ring (bicyclic) bond motifs is 1. The van der Waals surface area contributed by atoms with Crippen molar-refractivity contribution in [1.29, 1.82) is 0 Å². The van der Waals surface area contributed by atoms with E-state index in [0.29, 0.717) is 17.0 Å². The molecule has 3 rings (SSSR count). The third-order valence-corrected chi connectivity index (χ3v) is 5.09. The van der Waals surface area contributed by atoms with Crippen LogP contribution in [-0.2, 0) is 14.8 Å². The maximum atomic E-state index is 12.5. The topological polar surface area (TPSA) is 102 Å². The van der Waals surface area contributed by atoms with Gasteiger partial charge in [0.2, 0.25) is 0 Å². The zero-order valence-electron chi connectivity index (χ0n) is 13.6. The first kappa shape index (κ1) is 17.0. The monoisotopic (exact) mass is 360 g/mol. The fourth-order valence-corrected chi connectivity index (χ4v) is 3.46. The summed E-state index contributed by atoms with van der Waals surface area (Å²) in [6.07, 6.45) is -0.607. The number of carbonyl (C=O) groups excluding carboxylic acids is 2. The summed E-state index contributed by atoms with van der Waals surface area (Å²) >= 11 is 0. The zero-order valence-corrected chi connectivity index (χ0v) is 14.4. The number of hydrogen-bond donors (Lipinski definition) is 2. The molecular formula is C17H16N2O5S. The van der Waals surface area contributed by atoms with Crippen LogP contribution >= 0.6 is 0 Å². The van der Waals surface area contributed by atoms with Crippen LogP contribution in [0.25, 0.3) is 0 Å². The Labute approximate surface area is 145 Å². The number of hydrogen-bond acceptors (Lipinski definition) is 5. The Morgan fingerprint density at radius 2 is 1.96 bits per heavy atom. The van der Waals surface area contributed by atoms with Crippen LogP contribution < -0.4 is 14.8 Å². The van der Waals surface area contributed by atoms with Crippen LogP contribution in [0, 0.1) is 0 Å². The van der Waals surface area contributed by atoms with Crippen LogP contribution in [0.1, 0.15) is 24.2 Å². The van der Waals surface area contributed by atoms with Crippen molar-refractivity contribution in [2.75, 3.05) is 10.0 Å². The molecule has 25 heavy (non-hydrogen) atoms. The quantitative estimate of drug-likeness (QED) is 0.815. The zero-order chi connectivity index (χ0) is 18.2. The first-order chi connectivity index (χ1) is 11.8. The average Bonchev–Trinajstić information content (AvgIpc) is 2.56. The van der Waals surface area contributed by atoms with E-state index in [-0.39, 0.29) is 22.3 Å². The summed E-state index contributed by atoms with van der Waals surface area (Å²) < 4.78 is 32.9. The number of benzene rings is 2. The van der Waals surface area contributed by atoms with E-state index in [2.05, 4.69) is 10.0 Å². The van der Waals surface area contributed by atoms with E-state index >= 15 is 0 Å². The van der Waals surface area contributed by atoms with Gasteiger partial charge in [-0.15, -0.1) is 0 Å². The lowest BCUT2D eigenvalue weighted by Crippen LogP contribution is -2.34. The Kier molecular flexibility index (Phi) is 4.22. The van der Waals surface area contributed by atoms with Crippen molar-refractivity contribution < 1.29 is 22.7 Å². The second-order valence-electron chi connectivity index (χ2n) is 5.65. The molecule has 1 aliphatic rings. The van der Waals surface area contributed by atoms with E-state index in [1.165, 1.54) is 37.3 Å². The molecular weight excluding hydrogens is 344 g/mol. The molecule has 1 amide bonds. The Hall–Kier alpha value is -2.87. The van der Waals surface area contributed by atoms with Crippen LogP contribution in [0.5, 0.6) is 5.75 Å². The maximum absolute atomic E-state index is 12.5. The molecule has 2 aromatic carbocycles. The summed E-state index contributed by atoms with van der Waals surface area (Å²) in [5, 5.41) is 2.66. The Bertz CT molecular complexity index is 969. The van der Waals surface area contributed by atoms with Gasteiger partial charge in [-0.3, -0.25) is 14.3 Å². The van der Waals surface area contributed by atoms with E-state index < -0.39 is 16.1 Å². The van der Waals surface area contributed by atoms with Gasteiger partial charge >= 0.3 is 0 Å². The number of Topliss-reactive ketones (excluding diaryl/α,β-unsaturated/α-hetero) is 1. The number of anilines is 2. The molecule has 0 aliphatic carbocycles. The van der Waals surface area contributed by atoms with Crippen LogP contribution in [0.15, 0.2) is 47.4 Å². The second-order valence-corrected chi connectivity index (χ2v) is 7.33. The number of carbonyl (C=O) groups is 2. The van der Waals surface area contributed by atoms with Gasteiger partial charge in [0.15, 0.2) is 11.9 Å². The first-order valence-corrected chi connectivity index (χ1v) is 9.00. The molecule has 0 aromatic heterocycles. The Morgan fingerprint density at radius 3 is 2.68 bits per heavy atom. The Balaban J connectivity index is 1.89. The lowest BCUT2D eigenvalue weighted by atomic mass is 10.2. The highest BCUT2D eigenvalue weighted by molar-refractivity contribution is 7.92. The van der Waals surface area contributed by atoms with Crippen molar-refractivity contribution >= 4 is 33.1 Å². The normalized spacial score (nSPS) is 16.4. The highest BCUT2D eigenvalue weighted by atomic mass is 32.2. The second kappa shape index (κ2) is 6.21. The summed E-state index contributed by atoms with van der Waals surface area (Å²) in [5.41, 5.74) is 0.967. The smallest absolute Gasteiger partial charge is 0.265 e. The fourth-order valence-electron chi connectivity index (χ4n) is 2.37. The summed E-state index contributed by atoms with van der Waals surface area (Å²) in [6.45, 7) is 2.99. The number of ketones is 1. The number of ether oxygens (including phenoxy) is 1. The van der Waals surface area contributed by atoms with Crippen molar-refractivity contribution in [1.82, 2.24) is 0 Å². The predicted octanol–water partition coefficient (Wildman–Crippen LogP) is 2.41. The van der Waals surface area contributed by atoms with Crippen molar-refractivity contribution in [2.24, 2.45) is 0 Å². The highest BCUT2D eigenvalue weighted by Gasteiger charge is 2.24. The number of amides is 1. The van der Waals surface area contributed by atoms with E-state index in [1.807, 2.05) is 0 Å². The van der Waals surface area contributed by atoms with Crippen molar-refractivity contribution in [3.05, 3.63) is 48.0 Å². The molecule has 1 aliphatic heterocycles. The van der Waals surface area contributed by atoms with E-state index in [0.717, 1.165) is 0 Å². The van der Waals surface area contributed by atoms with E-state index in [4.69, 9.17) is 4.74 Å². The third kappa shape index (κ3) is 3.48. The molecule has 0 fully saturated rings. The number of nitrogens with one attached hydrogen (secondary N) is 2. The molecule has 8 heteroatoms. The number of rotatable bonds is 4.